The summed E-state index contributed by atoms with van der Waals surface area (Å²) in [5.74, 6) is -0.292. The molecule has 1 fully saturated rings. The summed E-state index contributed by atoms with van der Waals surface area (Å²) in [6, 6.07) is 13.8. The van der Waals surface area contributed by atoms with E-state index in [1.807, 2.05) is 43.8 Å². The first-order chi connectivity index (χ1) is 15.6. The lowest BCUT2D eigenvalue weighted by atomic mass is 10.0. The van der Waals surface area contributed by atoms with E-state index in [1.165, 1.54) is 0 Å². The average Bonchev–Trinajstić information content (AvgIpc) is 3.45. The number of aryl methyl sites for hydroxylation is 1. The highest BCUT2D eigenvalue weighted by Crippen LogP contribution is 2.22. The highest BCUT2D eigenvalue weighted by Gasteiger charge is 2.26. The molecule has 8 heteroatoms. The molecule has 1 saturated heterocycles. The Kier molecular flexibility index (Phi) is 5.46. The normalized spacial score (nSPS) is 18.7. The first kappa shape index (κ1) is 20.4. The van der Waals surface area contributed by atoms with Crippen LogP contribution < -0.4 is 5.32 Å². The zero-order valence-corrected chi connectivity index (χ0v) is 17.8. The number of amides is 1. The van der Waals surface area contributed by atoms with Gasteiger partial charge in [-0.3, -0.25) is 9.48 Å². The third-order valence-corrected chi connectivity index (χ3v) is 5.85. The fraction of sp³-hybridized carbons (Fsp3) is 0.292. The summed E-state index contributed by atoms with van der Waals surface area (Å²) in [6.07, 6.45) is 6.22. The number of carbonyl (C=O) groups excluding carboxylic acids is 1. The maximum atomic E-state index is 12.9. The maximum absolute atomic E-state index is 12.9. The zero-order valence-electron chi connectivity index (χ0n) is 17.8. The first-order valence-electron chi connectivity index (χ1n) is 10.7. The van der Waals surface area contributed by atoms with Gasteiger partial charge in [0.2, 0.25) is 0 Å². The van der Waals surface area contributed by atoms with Gasteiger partial charge in [-0.1, -0.05) is 24.3 Å². The minimum absolute atomic E-state index is 0.231. The molecule has 2 atom stereocenters. The molecule has 0 aliphatic carbocycles. The molecule has 8 nitrogen and oxygen atoms in total. The third-order valence-electron chi connectivity index (χ3n) is 5.85. The van der Waals surface area contributed by atoms with Crippen LogP contribution in [-0.4, -0.2) is 55.8 Å². The van der Waals surface area contributed by atoms with Crippen molar-refractivity contribution in [1.29, 1.82) is 0 Å². The van der Waals surface area contributed by atoms with Crippen molar-refractivity contribution >= 4 is 11.4 Å². The van der Waals surface area contributed by atoms with E-state index in [0.717, 1.165) is 27.8 Å². The molecule has 32 heavy (non-hydrogen) atoms. The first-order valence-corrected chi connectivity index (χ1v) is 10.7. The quantitative estimate of drug-likeness (QED) is 0.505. The van der Waals surface area contributed by atoms with Gasteiger partial charge in [0, 0.05) is 31.6 Å². The van der Waals surface area contributed by atoms with Crippen molar-refractivity contribution in [2.24, 2.45) is 7.05 Å². The maximum Gasteiger partial charge on any atom is 0.272 e. The lowest BCUT2D eigenvalue weighted by Gasteiger charge is -2.28. The summed E-state index contributed by atoms with van der Waals surface area (Å²) in [7, 11) is 1.90. The standard InChI is InChI=1S/C24H25N5O3/c1-28-14-19(13-25-28)17-6-4-16(5-7-17)11-18-12-21(27-29-9-2-3-22(18)29)24(31)26-20-8-10-32-15-23(20)30/h2-7,9,12-14,20,23,30H,8,10-11,15H2,1H3,(H,26,31). The lowest BCUT2D eigenvalue weighted by Crippen LogP contribution is -2.48. The number of aliphatic hydroxyl groups excluding tert-OH is 1. The van der Waals surface area contributed by atoms with Crippen molar-refractivity contribution in [3.63, 3.8) is 0 Å². The van der Waals surface area contributed by atoms with Crippen molar-refractivity contribution in [3.05, 3.63) is 77.9 Å². The van der Waals surface area contributed by atoms with Crippen molar-refractivity contribution in [2.75, 3.05) is 13.2 Å². The van der Waals surface area contributed by atoms with Gasteiger partial charge in [0.25, 0.3) is 5.91 Å². The smallest absolute Gasteiger partial charge is 0.272 e. The molecule has 3 aromatic heterocycles. The van der Waals surface area contributed by atoms with E-state index in [1.54, 1.807) is 9.20 Å². The Balaban J connectivity index is 1.39. The van der Waals surface area contributed by atoms with Crippen LogP contribution >= 0.6 is 0 Å². The summed E-state index contributed by atoms with van der Waals surface area (Å²) in [5.41, 5.74) is 5.62. The summed E-state index contributed by atoms with van der Waals surface area (Å²) in [4.78, 5) is 12.9. The number of rotatable bonds is 5. The highest BCUT2D eigenvalue weighted by molar-refractivity contribution is 5.93. The molecule has 0 spiro atoms. The predicted octanol–water partition coefficient (Wildman–Crippen LogP) is 2.21. The van der Waals surface area contributed by atoms with Crippen molar-refractivity contribution < 1.29 is 14.6 Å². The molecular weight excluding hydrogens is 406 g/mol. The van der Waals surface area contributed by atoms with E-state index < -0.39 is 6.10 Å². The van der Waals surface area contributed by atoms with E-state index >= 15 is 0 Å². The number of ether oxygens (including phenoxy) is 1. The summed E-state index contributed by atoms with van der Waals surface area (Å²) in [5, 5.41) is 21.7. The zero-order chi connectivity index (χ0) is 22.1. The molecule has 1 aromatic carbocycles. The van der Waals surface area contributed by atoms with E-state index in [2.05, 4.69) is 39.8 Å². The number of hydrogen-bond donors (Lipinski definition) is 2. The van der Waals surface area contributed by atoms with Gasteiger partial charge in [-0.05, 0) is 47.7 Å². The van der Waals surface area contributed by atoms with E-state index in [9.17, 15) is 9.90 Å². The highest BCUT2D eigenvalue weighted by atomic mass is 16.5. The minimum Gasteiger partial charge on any atom is -0.389 e. The van der Waals surface area contributed by atoms with Crippen LogP contribution in [-0.2, 0) is 18.2 Å². The number of fused-ring (bicyclic) bond motifs is 1. The Labute approximate surface area is 185 Å². The van der Waals surface area contributed by atoms with E-state index in [-0.39, 0.29) is 18.6 Å². The largest absolute Gasteiger partial charge is 0.389 e. The van der Waals surface area contributed by atoms with Crippen LogP contribution in [0, 0.1) is 0 Å². The average molecular weight is 431 g/mol. The third kappa shape index (κ3) is 4.15. The number of aromatic nitrogens is 4. The van der Waals surface area contributed by atoms with Crippen LogP contribution in [0.3, 0.4) is 0 Å². The molecule has 1 aliphatic rings. The summed E-state index contributed by atoms with van der Waals surface area (Å²) in [6.45, 7) is 0.752. The minimum atomic E-state index is -0.708. The fourth-order valence-electron chi connectivity index (χ4n) is 4.09. The van der Waals surface area contributed by atoms with E-state index in [4.69, 9.17) is 4.74 Å². The number of nitrogens with zero attached hydrogens (tertiary/aromatic N) is 4. The molecule has 0 bridgehead atoms. The molecule has 4 aromatic rings. The molecule has 2 unspecified atom stereocenters. The van der Waals surface area contributed by atoms with Gasteiger partial charge in [0.15, 0.2) is 0 Å². The SMILES string of the molecule is Cn1cc(-c2ccc(Cc3cc(C(=O)NC4CCOCC4O)nn4cccc34)cc2)cn1. The van der Waals surface area contributed by atoms with Gasteiger partial charge in [-0.15, -0.1) is 0 Å². The number of carbonyl (C=O) groups is 1. The van der Waals surface area contributed by atoms with Crippen LogP contribution in [0.25, 0.3) is 16.6 Å². The van der Waals surface area contributed by atoms with Gasteiger partial charge in [-0.2, -0.15) is 10.2 Å². The van der Waals surface area contributed by atoms with Crippen LogP contribution in [0.1, 0.15) is 28.0 Å². The topological polar surface area (TPSA) is 93.7 Å². The van der Waals surface area contributed by atoms with Gasteiger partial charge in [0.05, 0.1) is 30.5 Å². The van der Waals surface area contributed by atoms with Gasteiger partial charge < -0.3 is 15.2 Å². The second-order valence-corrected chi connectivity index (χ2v) is 8.18. The van der Waals surface area contributed by atoms with Crippen LogP contribution in [0.4, 0.5) is 0 Å². The Morgan fingerprint density at radius 2 is 2.09 bits per heavy atom. The molecule has 0 saturated carbocycles. The number of hydrogen-bond acceptors (Lipinski definition) is 5. The Hall–Kier alpha value is -3.49. The van der Waals surface area contributed by atoms with Crippen molar-refractivity contribution in [1.82, 2.24) is 24.7 Å². The molecule has 1 amide bonds. The van der Waals surface area contributed by atoms with Gasteiger partial charge in [0.1, 0.15) is 5.69 Å². The fourth-order valence-corrected chi connectivity index (χ4v) is 4.09. The molecule has 4 heterocycles. The van der Waals surface area contributed by atoms with Crippen LogP contribution in [0.15, 0.2) is 61.1 Å². The number of aliphatic hydroxyl groups is 1. The lowest BCUT2D eigenvalue weighted by molar-refractivity contribution is -0.0261. The second-order valence-electron chi connectivity index (χ2n) is 8.18. The monoisotopic (exact) mass is 431 g/mol. The van der Waals surface area contributed by atoms with E-state index in [0.29, 0.717) is 25.1 Å². The Morgan fingerprint density at radius 3 is 2.84 bits per heavy atom. The Bertz CT molecular complexity index is 1240. The number of nitrogens with one attached hydrogen (secondary N) is 1. The molecular formula is C24H25N5O3. The van der Waals surface area contributed by atoms with Crippen molar-refractivity contribution in [3.8, 4) is 11.1 Å². The van der Waals surface area contributed by atoms with Crippen molar-refractivity contribution in [2.45, 2.75) is 25.0 Å². The molecule has 0 radical (unpaired) electrons. The molecule has 164 valence electrons. The molecule has 5 rings (SSSR count). The summed E-state index contributed by atoms with van der Waals surface area (Å²) >= 11 is 0. The Morgan fingerprint density at radius 1 is 1.25 bits per heavy atom. The van der Waals surface area contributed by atoms with Crippen LogP contribution in [0.2, 0.25) is 0 Å². The van der Waals surface area contributed by atoms with Crippen LogP contribution in [0.5, 0.6) is 0 Å². The summed E-state index contributed by atoms with van der Waals surface area (Å²) < 4.78 is 8.76. The molecule has 2 N–H and O–H groups in total. The number of benzene rings is 1. The van der Waals surface area contributed by atoms with Gasteiger partial charge in [-0.25, -0.2) is 4.52 Å². The second kappa shape index (κ2) is 8.57. The predicted molar refractivity (Wildman–Crippen MR) is 119 cm³/mol. The van der Waals surface area contributed by atoms with Gasteiger partial charge >= 0.3 is 0 Å². The molecule has 1 aliphatic heterocycles.